The molecule has 1 fully saturated rings. The van der Waals surface area contributed by atoms with Gasteiger partial charge in [-0.2, -0.15) is 0 Å². The first-order valence-electron chi connectivity index (χ1n) is 12.1. The molecule has 1 aliphatic heterocycles. The predicted octanol–water partition coefficient (Wildman–Crippen LogP) is 3.85. The van der Waals surface area contributed by atoms with Gasteiger partial charge in [-0.05, 0) is 72.9 Å². The van der Waals surface area contributed by atoms with E-state index in [1.54, 1.807) is 11.1 Å². The third kappa shape index (κ3) is 6.29. The number of nitrogens with one attached hydrogen (secondary N) is 2. The number of aryl methyl sites for hydroxylation is 1. The van der Waals surface area contributed by atoms with Crippen LogP contribution in [0.25, 0.3) is 10.4 Å². The normalized spacial score (nSPS) is 18.1. The summed E-state index contributed by atoms with van der Waals surface area (Å²) in [6.07, 6.45) is 3.47. The molecule has 2 amide bonds. The molecule has 3 N–H and O–H groups in total. The van der Waals surface area contributed by atoms with Crippen molar-refractivity contribution in [3.63, 3.8) is 0 Å². The number of thiazole rings is 1. The van der Waals surface area contributed by atoms with Gasteiger partial charge in [-0.15, -0.1) is 11.3 Å². The lowest BCUT2D eigenvalue weighted by Crippen LogP contribution is -2.38. The van der Waals surface area contributed by atoms with Gasteiger partial charge in [0.05, 0.1) is 13.2 Å². The van der Waals surface area contributed by atoms with E-state index in [9.17, 15) is 14.7 Å². The van der Waals surface area contributed by atoms with E-state index in [-0.39, 0.29) is 28.2 Å². The second-order valence-electron chi connectivity index (χ2n) is 10.1. The van der Waals surface area contributed by atoms with Crippen LogP contribution in [0.5, 0.6) is 0 Å². The summed E-state index contributed by atoms with van der Waals surface area (Å²) in [5.74, 6) is -0.365. The Morgan fingerprint density at radius 2 is 2.03 bits per heavy atom. The number of aliphatic hydroxyl groups is 1. The maximum Gasteiger partial charge on any atom is 0.280 e. The summed E-state index contributed by atoms with van der Waals surface area (Å²) >= 11 is 1.01. The quantitative estimate of drug-likeness (QED) is 0.586. The zero-order chi connectivity index (χ0) is 26.3. The number of anilines is 1. The van der Waals surface area contributed by atoms with E-state index < -0.39 is 18.0 Å². The van der Waals surface area contributed by atoms with Crippen molar-refractivity contribution in [2.24, 2.45) is 0 Å². The predicted molar refractivity (Wildman–Crippen MR) is 132 cm³/mol. The van der Waals surface area contributed by atoms with Crippen LogP contribution in [0.4, 0.5) is 5.82 Å². The molecule has 0 spiro atoms. The molecule has 0 saturated carbocycles. The van der Waals surface area contributed by atoms with E-state index in [0.29, 0.717) is 22.8 Å². The van der Waals surface area contributed by atoms with Crippen LogP contribution in [0.2, 0.25) is 0 Å². The second-order valence-corrected chi connectivity index (χ2v) is 11.1. The molecule has 1 atom stereocenters. The van der Waals surface area contributed by atoms with Crippen molar-refractivity contribution in [3.05, 3.63) is 28.5 Å². The minimum Gasteiger partial charge on any atom is -0.389 e. The largest absolute Gasteiger partial charge is 0.389 e. The maximum absolute atomic E-state index is 13.5. The van der Waals surface area contributed by atoms with Crippen molar-refractivity contribution >= 4 is 29.0 Å². The Morgan fingerprint density at radius 3 is 2.58 bits per heavy atom. The van der Waals surface area contributed by atoms with E-state index in [0.717, 1.165) is 29.7 Å². The van der Waals surface area contributed by atoms with Gasteiger partial charge in [0.1, 0.15) is 11.5 Å². The number of hydrogen-bond acceptors (Lipinski definition) is 7. The van der Waals surface area contributed by atoms with Crippen LogP contribution in [0.3, 0.4) is 0 Å². The third-order valence-electron chi connectivity index (χ3n) is 5.18. The molecule has 0 aromatic carbocycles. The molecule has 9 heteroatoms. The van der Waals surface area contributed by atoms with Crippen molar-refractivity contribution in [2.45, 2.75) is 78.5 Å². The van der Waals surface area contributed by atoms with E-state index in [1.165, 1.54) is 13.8 Å². The van der Waals surface area contributed by atoms with Crippen molar-refractivity contribution in [1.82, 2.24) is 20.2 Å². The first kappa shape index (κ1) is 22.3. The number of carbonyl (C=O) groups is 2. The van der Waals surface area contributed by atoms with Crippen LogP contribution >= 0.6 is 11.3 Å². The Kier molecular flexibility index (Phi) is 6.34. The zero-order valence-corrected chi connectivity index (χ0v) is 21.2. The number of carbonyl (C=O) groups excluding carboxylic acids is 2. The topological polar surface area (TPSA) is 107 Å². The highest BCUT2D eigenvalue weighted by Gasteiger charge is 2.32. The molecule has 3 heterocycles. The number of likely N-dealkylation sites (tertiary alicyclic amines) is 1. The fourth-order valence-corrected chi connectivity index (χ4v) is 4.65. The Bertz CT molecular complexity index is 1120. The van der Waals surface area contributed by atoms with Gasteiger partial charge in [0.15, 0.2) is 5.01 Å². The molecule has 0 radical (unpaired) electrons. The maximum atomic E-state index is 13.5. The van der Waals surface area contributed by atoms with Crippen LogP contribution in [0.1, 0.15) is 83.0 Å². The van der Waals surface area contributed by atoms with Crippen molar-refractivity contribution < 1.29 is 17.4 Å². The van der Waals surface area contributed by atoms with Crippen molar-refractivity contribution in [3.8, 4) is 10.4 Å². The number of hydrogen-bond donors (Lipinski definition) is 3. The number of pyridine rings is 1. The van der Waals surface area contributed by atoms with E-state index in [4.69, 9.17) is 2.74 Å². The summed E-state index contributed by atoms with van der Waals surface area (Å²) < 4.78 is 16.1. The minimum absolute atomic E-state index is 0.0559. The number of rotatable bonds is 6. The monoisotopic (exact) mass is 475 g/mol. The summed E-state index contributed by atoms with van der Waals surface area (Å²) in [5.41, 5.74) is -0.301. The lowest BCUT2D eigenvalue weighted by atomic mass is 10.1. The first-order chi connectivity index (χ1) is 16.0. The summed E-state index contributed by atoms with van der Waals surface area (Å²) in [6.45, 7) is 10.8. The van der Waals surface area contributed by atoms with Gasteiger partial charge in [-0.25, -0.2) is 9.97 Å². The summed E-state index contributed by atoms with van der Waals surface area (Å²) in [6, 6.07) is 1.95. The number of amides is 2. The average Bonchev–Trinajstić information content (AvgIpc) is 3.32. The van der Waals surface area contributed by atoms with Gasteiger partial charge in [0.25, 0.3) is 11.8 Å². The molecule has 0 bridgehead atoms. The van der Waals surface area contributed by atoms with Gasteiger partial charge < -0.3 is 20.6 Å². The molecule has 8 nitrogen and oxygen atoms in total. The second kappa shape index (κ2) is 9.38. The Labute approximate surface area is 202 Å². The fourth-order valence-electron chi connectivity index (χ4n) is 3.63. The molecule has 180 valence electrons. The van der Waals surface area contributed by atoms with Crippen LogP contribution in [0, 0.1) is 6.92 Å². The zero-order valence-electron chi connectivity index (χ0n) is 22.4. The standard InChI is InChI=1S/C24H35N5O3S/c1-14-11-17(28-23(3,4)5)25-12-16(14)19-18(22(31)29-10-8-9-15(29)2)27-21(33-19)20(30)26-13-24(6,7)32/h11-12,15,32H,8-10,13H2,1-7H3,(H,25,28)(H,26,30)/t15-/m0/s1/i13D2. The SMILES string of the molecule is [2H]C([2H])(NC(=O)c1nc(C(=O)N2CCC[C@@H]2C)c(-c2cnc(NC(C)(C)C)cc2C)s1)C(C)(C)O. The van der Waals surface area contributed by atoms with Crippen LogP contribution in [0.15, 0.2) is 12.3 Å². The minimum atomic E-state index is -2.40. The number of aromatic nitrogens is 2. The van der Waals surface area contributed by atoms with Crippen LogP contribution in [-0.2, 0) is 0 Å². The highest BCUT2D eigenvalue weighted by molar-refractivity contribution is 7.17. The summed E-state index contributed by atoms with van der Waals surface area (Å²) in [7, 11) is 0. The van der Waals surface area contributed by atoms with E-state index in [2.05, 4.69) is 20.6 Å². The molecular formula is C24H35N5O3S. The molecule has 2 aromatic heterocycles. The first-order valence-corrected chi connectivity index (χ1v) is 11.9. The van der Waals surface area contributed by atoms with Gasteiger partial charge in [-0.1, -0.05) is 0 Å². The lowest BCUT2D eigenvalue weighted by molar-refractivity contribution is 0.0692. The van der Waals surface area contributed by atoms with Crippen molar-refractivity contribution in [2.75, 3.05) is 18.4 Å². The third-order valence-corrected chi connectivity index (χ3v) is 6.27. The molecule has 1 saturated heterocycles. The molecule has 1 aliphatic rings. The summed E-state index contributed by atoms with van der Waals surface area (Å²) in [4.78, 5) is 37.6. The van der Waals surface area contributed by atoms with E-state index in [1.807, 2.05) is 40.7 Å². The Morgan fingerprint density at radius 1 is 1.33 bits per heavy atom. The fraction of sp³-hybridized carbons (Fsp3) is 0.583. The molecule has 33 heavy (non-hydrogen) atoms. The lowest BCUT2D eigenvalue weighted by Gasteiger charge is -2.22. The number of nitrogens with zero attached hydrogens (tertiary/aromatic N) is 3. The van der Waals surface area contributed by atoms with Crippen LogP contribution < -0.4 is 10.6 Å². The summed E-state index contributed by atoms with van der Waals surface area (Å²) in [5, 5.41) is 15.6. The molecule has 0 aliphatic carbocycles. The van der Waals surface area contributed by atoms with E-state index >= 15 is 0 Å². The molecule has 0 unspecified atom stereocenters. The van der Waals surface area contributed by atoms with Crippen LogP contribution in [-0.4, -0.2) is 62.0 Å². The molecular weight excluding hydrogens is 438 g/mol. The smallest absolute Gasteiger partial charge is 0.280 e. The van der Waals surface area contributed by atoms with Gasteiger partial charge in [-0.3, -0.25) is 9.59 Å². The highest BCUT2D eigenvalue weighted by Crippen LogP contribution is 2.35. The average molecular weight is 476 g/mol. The molecule has 2 aromatic rings. The van der Waals surface area contributed by atoms with Gasteiger partial charge in [0.2, 0.25) is 0 Å². The Hall–Kier alpha value is -2.52. The Balaban J connectivity index is 2.05. The van der Waals surface area contributed by atoms with Crippen molar-refractivity contribution in [1.29, 1.82) is 0 Å². The van der Waals surface area contributed by atoms with Gasteiger partial charge in [0, 0.05) is 36.4 Å². The van der Waals surface area contributed by atoms with Gasteiger partial charge >= 0.3 is 0 Å². The molecule has 3 rings (SSSR count). The highest BCUT2D eigenvalue weighted by atomic mass is 32.1.